The average molecular weight is 533 g/mol. The molecule has 8 rings (SSSR count). The van der Waals surface area contributed by atoms with Crippen LogP contribution in [0.1, 0.15) is 0 Å². The lowest BCUT2D eigenvalue weighted by Crippen LogP contribution is -1.91. The average Bonchev–Trinajstić information content (AvgIpc) is 3.07. The van der Waals surface area contributed by atoms with Gasteiger partial charge in [-0.25, -0.2) is 0 Å². The van der Waals surface area contributed by atoms with Gasteiger partial charge in [0.25, 0.3) is 0 Å². The minimum Gasteiger partial charge on any atom is -0.0622 e. The van der Waals surface area contributed by atoms with Crippen molar-refractivity contribution in [2.45, 2.75) is 0 Å². The van der Waals surface area contributed by atoms with Gasteiger partial charge < -0.3 is 0 Å². The highest BCUT2D eigenvalue weighted by molar-refractivity contribution is 6.21. The minimum absolute atomic E-state index is 1.23. The number of hydrogen-bond donors (Lipinski definition) is 0. The maximum absolute atomic E-state index is 2.30. The molecule has 0 aliphatic carbocycles. The highest BCUT2D eigenvalue weighted by Gasteiger charge is 2.16. The third-order valence-electron chi connectivity index (χ3n) is 8.49. The molecule has 0 fully saturated rings. The molecule has 0 aliphatic heterocycles. The van der Waals surface area contributed by atoms with E-state index in [2.05, 4.69) is 170 Å². The van der Waals surface area contributed by atoms with Gasteiger partial charge in [0.05, 0.1) is 0 Å². The van der Waals surface area contributed by atoms with E-state index in [1.165, 1.54) is 76.8 Å². The van der Waals surface area contributed by atoms with Gasteiger partial charge in [-0.2, -0.15) is 0 Å². The van der Waals surface area contributed by atoms with E-state index < -0.39 is 0 Å². The second-order valence-electron chi connectivity index (χ2n) is 10.9. The zero-order chi connectivity index (χ0) is 27.9. The van der Waals surface area contributed by atoms with E-state index >= 15 is 0 Å². The van der Waals surface area contributed by atoms with Gasteiger partial charge in [0.1, 0.15) is 0 Å². The van der Waals surface area contributed by atoms with Crippen molar-refractivity contribution in [1.82, 2.24) is 0 Å². The van der Waals surface area contributed by atoms with Crippen LogP contribution in [-0.4, -0.2) is 0 Å². The molecule has 0 aromatic heterocycles. The summed E-state index contributed by atoms with van der Waals surface area (Å²) in [6, 6.07) is 61.6. The molecule has 8 aromatic carbocycles. The summed E-state index contributed by atoms with van der Waals surface area (Å²) in [6.07, 6.45) is 0. The second-order valence-corrected chi connectivity index (χ2v) is 10.9. The van der Waals surface area contributed by atoms with Crippen LogP contribution >= 0.6 is 0 Å². The summed E-state index contributed by atoms with van der Waals surface area (Å²) in [5, 5.41) is 7.67. The fraction of sp³-hybridized carbons (Fsp3) is 0. The SMILES string of the molecule is c1ccc(-c2ccc(-c3ccc(-c4c5ccccc5c(-c5ccccc5)c5ccccc45)cc3)c3ccccc23)cc1. The third kappa shape index (κ3) is 4.00. The van der Waals surface area contributed by atoms with Crippen LogP contribution < -0.4 is 0 Å². The molecule has 0 heteroatoms. The first-order chi connectivity index (χ1) is 20.9. The number of rotatable bonds is 4. The Balaban J connectivity index is 1.31. The summed E-state index contributed by atoms with van der Waals surface area (Å²) in [4.78, 5) is 0. The number of hydrogen-bond acceptors (Lipinski definition) is 0. The molecule has 0 bridgehead atoms. The Kier molecular flexibility index (Phi) is 5.90. The fourth-order valence-electron chi connectivity index (χ4n) is 6.59. The van der Waals surface area contributed by atoms with Crippen molar-refractivity contribution < 1.29 is 0 Å². The highest BCUT2D eigenvalue weighted by Crippen LogP contribution is 2.44. The van der Waals surface area contributed by atoms with Crippen LogP contribution in [0.15, 0.2) is 170 Å². The van der Waals surface area contributed by atoms with Crippen molar-refractivity contribution in [1.29, 1.82) is 0 Å². The van der Waals surface area contributed by atoms with Crippen molar-refractivity contribution in [3.8, 4) is 44.5 Å². The summed E-state index contributed by atoms with van der Waals surface area (Å²) in [6.45, 7) is 0. The Morgan fingerprint density at radius 1 is 0.190 bits per heavy atom. The first kappa shape index (κ1) is 24.3. The Labute approximate surface area is 246 Å². The van der Waals surface area contributed by atoms with Gasteiger partial charge in [-0.3, -0.25) is 0 Å². The zero-order valence-corrected chi connectivity index (χ0v) is 23.2. The van der Waals surface area contributed by atoms with Crippen LogP contribution in [-0.2, 0) is 0 Å². The second kappa shape index (κ2) is 10.2. The first-order valence-electron chi connectivity index (χ1n) is 14.5. The standard InChI is InChI=1S/C42H28/c1-3-13-29(14-4-1)33-27-28-34(36-18-8-7-17-35(33)36)30-23-25-32(26-24-30)42-39-21-11-9-19-37(39)41(31-15-5-2-6-16-31)38-20-10-12-22-40(38)42/h1-28H. The van der Waals surface area contributed by atoms with E-state index in [-0.39, 0.29) is 0 Å². The van der Waals surface area contributed by atoms with Crippen molar-refractivity contribution >= 4 is 32.3 Å². The molecule has 0 N–H and O–H groups in total. The monoisotopic (exact) mass is 532 g/mol. The van der Waals surface area contributed by atoms with E-state index in [0.717, 1.165) is 0 Å². The lowest BCUT2D eigenvalue weighted by Gasteiger charge is -2.18. The van der Waals surface area contributed by atoms with Crippen LogP contribution in [0.25, 0.3) is 76.8 Å². The van der Waals surface area contributed by atoms with E-state index in [9.17, 15) is 0 Å². The molecule has 196 valence electrons. The van der Waals surface area contributed by atoms with Crippen LogP contribution in [0.4, 0.5) is 0 Å². The van der Waals surface area contributed by atoms with Gasteiger partial charge in [0.15, 0.2) is 0 Å². The minimum atomic E-state index is 1.23. The summed E-state index contributed by atoms with van der Waals surface area (Å²) >= 11 is 0. The van der Waals surface area contributed by atoms with Gasteiger partial charge in [-0.1, -0.05) is 170 Å². The molecule has 0 saturated carbocycles. The Morgan fingerprint density at radius 3 is 0.905 bits per heavy atom. The topological polar surface area (TPSA) is 0 Å². The van der Waals surface area contributed by atoms with E-state index in [0.29, 0.717) is 0 Å². The largest absolute Gasteiger partial charge is 0.0622 e. The molecule has 0 saturated heterocycles. The van der Waals surface area contributed by atoms with Crippen LogP contribution in [0.3, 0.4) is 0 Å². The van der Waals surface area contributed by atoms with Crippen LogP contribution in [0.5, 0.6) is 0 Å². The lowest BCUT2D eigenvalue weighted by molar-refractivity contribution is 1.62. The lowest BCUT2D eigenvalue weighted by atomic mass is 9.85. The molecule has 0 amide bonds. The third-order valence-corrected chi connectivity index (χ3v) is 8.49. The Hall–Kier alpha value is -5.46. The molecule has 8 aromatic rings. The predicted molar refractivity (Wildman–Crippen MR) is 181 cm³/mol. The maximum atomic E-state index is 2.30. The molecule has 0 spiro atoms. The molecule has 0 radical (unpaired) electrons. The van der Waals surface area contributed by atoms with Gasteiger partial charge in [-0.05, 0) is 76.8 Å². The van der Waals surface area contributed by atoms with Gasteiger partial charge in [-0.15, -0.1) is 0 Å². The van der Waals surface area contributed by atoms with Gasteiger partial charge >= 0.3 is 0 Å². The Bertz CT molecular complexity index is 2150. The van der Waals surface area contributed by atoms with Crippen LogP contribution in [0, 0.1) is 0 Å². The molecule has 0 heterocycles. The molecule has 0 aliphatic rings. The Morgan fingerprint density at radius 2 is 0.476 bits per heavy atom. The quantitative estimate of drug-likeness (QED) is 0.198. The molecule has 0 unspecified atom stereocenters. The number of benzene rings is 8. The molecule has 0 nitrogen and oxygen atoms in total. The summed E-state index contributed by atoms with van der Waals surface area (Å²) in [5.41, 5.74) is 10.1. The van der Waals surface area contributed by atoms with E-state index in [4.69, 9.17) is 0 Å². The van der Waals surface area contributed by atoms with E-state index in [1.807, 2.05) is 0 Å². The van der Waals surface area contributed by atoms with Crippen LogP contribution in [0.2, 0.25) is 0 Å². The fourth-order valence-corrected chi connectivity index (χ4v) is 6.59. The van der Waals surface area contributed by atoms with Gasteiger partial charge in [0.2, 0.25) is 0 Å². The molecular formula is C42H28. The van der Waals surface area contributed by atoms with E-state index in [1.54, 1.807) is 0 Å². The van der Waals surface area contributed by atoms with Crippen molar-refractivity contribution in [2.75, 3.05) is 0 Å². The smallest absolute Gasteiger partial charge is 0.00264 e. The highest BCUT2D eigenvalue weighted by atomic mass is 14.2. The normalized spacial score (nSPS) is 11.3. The zero-order valence-electron chi connectivity index (χ0n) is 23.2. The summed E-state index contributed by atoms with van der Waals surface area (Å²) in [7, 11) is 0. The van der Waals surface area contributed by atoms with Crippen molar-refractivity contribution in [2.24, 2.45) is 0 Å². The van der Waals surface area contributed by atoms with Gasteiger partial charge in [0, 0.05) is 0 Å². The van der Waals surface area contributed by atoms with Crippen molar-refractivity contribution in [3.63, 3.8) is 0 Å². The molecule has 42 heavy (non-hydrogen) atoms. The number of fused-ring (bicyclic) bond motifs is 3. The molecular weight excluding hydrogens is 504 g/mol. The maximum Gasteiger partial charge on any atom is -0.00264 e. The predicted octanol–water partition coefficient (Wildman–Crippen LogP) is 11.8. The van der Waals surface area contributed by atoms with Crippen molar-refractivity contribution in [3.05, 3.63) is 170 Å². The molecule has 0 atom stereocenters. The summed E-state index contributed by atoms with van der Waals surface area (Å²) in [5.74, 6) is 0. The summed E-state index contributed by atoms with van der Waals surface area (Å²) < 4.78 is 0. The first-order valence-corrected chi connectivity index (χ1v) is 14.5.